The van der Waals surface area contributed by atoms with E-state index in [1.165, 1.54) is 0 Å². The van der Waals surface area contributed by atoms with Crippen LogP contribution in [0.3, 0.4) is 0 Å². The highest BCUT2D eigenvalue weighted by Crippen LogP contribution is 2.39. The molecule has 8 nitrogen and oxygen atoms in total. The Morgan fingerprint density at radius 3 is 1.03 bits per heavy atom. The fourth-order valence-corrected chi connectivity index (χ4v) is 11.9. The molecule has 11 heteroatoms. The molecule has 0 aliphatic heterocycles. The molecule has 0 unspecified atom stereocenters. The zero-order valence-electron chi connectivity index (χ0n) is 42.0. The number of unbranched alkanes of at least 4 members (excludes halogenated alkanes) is 4. The van der Waals surface area contributed by atoms with Crippen molar-refractivity contribution >= 4 is 80.8 Å². The van der Waals surface area contributed by atoms with Crippen LogP contribution in [0.25, 0.3) is 11.1 Å². The van der Waals surface area contributed by atoms with E-state index in [1.54, 1.807) is 0 Å². The van der Waals surface area contributed by atoms with Gasteiger partial charge in [-0.15, -0.1) is 0 Å². The minimum Gasteiger partial charge on any atom is -0.871 e. The molecule has 2 aromatic rings. The van der Waals surface area contributed by atoms with Gasteiger partial charge in [0.05, 0.1) is 11.5 Å². The maximum absolute atomic E-state index is 13.3. The van der Waals surface area contributed by atoms with Crippen LogP contribution in [0.1, 0.15) is 90.2 Å². The SMILES string of the molecule is CCCCN(CCCC)c1ccc(C2=C([O-])C(=C3C=CC(=[N+](C)CCSCCSCCSCC[N+](C)=C4C=CC(=C5C(=O)C(c6ccc(N(CCCC)CCCC)cc6)=C5[O-])C=C4)C=C3)C2=O)cc1. The molecule has 0 aromatic heterocycles. The summed E-state index contributed by atoms with van der Waals surface area (Å²) in [5, 5.41) is 26.5. The van der Waals surface area contributed by atoms with E-state index in [2.05, 4.69) is 85.0 Å². The van der Waals surface area contributed by atoms with Gasteiger partial charge < -0.3 is 20.0 Å². The lowest BCUT2D eigenvalue weighted by Gasteiger charge is -2.32. The molecule has 2 aromatic carbocycles. The van der Waals surface area contributed by atoms with Crippen LogP contribution < -0.4 is 20.0 Å². The quantitative estimate of drug-likeness (QED) is 0.0470. The van der Waals surface area contributed by atoms with E-state index in [0.717, 1.165) is 148 Å². The Kier molecular flexibility index (Phi) is 21.5. The Labute approximate surface area is 426 Å². The second-order valence-corrected chi connectivity index (χ2v) is 21.7. The first kappa shape index (κ1) is 53.6. The summed E-state index contributed by atoms with van der Waals surface area (Å²) < 4.78 is 4.45. The Morgan fingerprint density at radius 2 is 0.739 bits per heavy atom. The molecular formula is C58H74N4O4S3. The molecule has 4 aliphatic carbocycles. The normalized spacial score (nSPS) is 15.5. The molecule has 0 heterocycles. The molecule has 0 spiro atoms. The molecule has 0 amide bonds. The summed E-state index contributed by atoms with van der Waals surface area (Å²) in [6.07, 6.45) is 24.8. The molecule has 0 saturated heterocycles. The number of carbonyl (C=O) groups excluding carboxylic acids is 2. The second-order valence-electron chi connectivity index (χ2n) is 18.1. The topological polar surface area (TPSA) is 92.8 Å². The van der Waals surface area contributed by atoms with Crippen molar-refractivity contribution in [3.63, 3.8) is 0 Å². The lowest BCUT2D eigenvalue weighted by molar-refractivity contribution is -0.490. The van der Waals surface area contributed by atoms with Crippen molar-refractivity contribution in [3.05, 3.63) is 142 Å². The lowest BCUT2D eigenvalue weighted by Crippen LogP contribution is -2.30. The van der Waals surface area contributed by atoms with E-state index in [-0.39, 0.29) is 34.2 Å². The number of carbonyl (C=O) groups is 2. The number of ketones is 2. The minimum atomic E-state index is -0.164. The summed E-state index contributed by atoms with van der Waals surface area (Å²) in [7, 11) is 4.18. The minimum absolute atomic E-state index is 0.164. The summed E-state index contributed by atoms with van der Waals surface area (Å²) in [4.78, 5) is 31.3. The van der Waals surface area contributed by atoms with Gasteiger partial charge >= 0.3 is 0 Å². The zero-order valence-corrected chi connectivity index (χ0v) is 44.5. The van der Waals surface area contributed by atoms with Gasteiger partial charge in [0.2, 0.25) is 0 Å². The van der Waals surface area contributed by atoms with Crippen LogP contribution in [-0.4, -0.2) is 120 Å². The number of rotatable bonds is 28. The Bertz CT molecular complexity index is 2230. The van der Waals surface area contributed by atoms with Gasteiger partial charge in [-0.3, -0.25) is 9.59 Å². The van der Waals surface area contributed by atoms with Gasteiger partial charge in [-0.05, 0) is 96.5 Å². The van der Waals surface area contributed by atoms with Crippen molar-refractivity contribution in [3.8, 4) is 0 Å². The highest BCUT2D eigenvalue weighted by molar-refractivity contribution is 8.04. The Morgan fingerprint density at radius 1 is 0.435 bits per heavy atom. The van der Waals surface area contributed by atoms with Gasteiger partial charge in [0, 0.05) is 107 Å². The van der Waals surface area contributed by atoms with E-state index in [9.17, 15) is 19.8 Å². The molecule has 69 heavy (non-hydrogen) atoms. The summed E-state index contributed by atoms with van der Waals surface area (Å²) >= 11 is 5.95. The van der Waals surface area contributed by atoms with Crippen LogP contribution in [0, 0.1) is 0 Å². The number of thioether (sulfide) groups is 3. The monoisotopic (exact) mass is 986 g/mol. The number of anilines is 2. The number of Topliss-reactive ketones (excluding diaryl/α,β-unsaturated/α-hetero) is 2. The zero-order chi connectivity index (χ0) is 49.1. The van der Waals surface area contributed by atoms with Crippen LogP contribution in [0.4, 0.5) is 11.4 Å². The van der Waals surface area contributed by atoms with Crippen molar-refractivity contribution < 1.29 is 29.0 Å². The molecule has 0 fully saturated rings. The Balaban J connectivity index is 0.857. The summed E-state index contributed by atoms with van der Waals surface area (Å²) in [5.74, 6) is 5.88. The highest BCUT2D eigenvalue weighted by atomic mass is 32.2. The van der Waals surface area contributed by atoms with Gasteiger partial charge in [0.25, 0.3) is 0 Å². The van der Waals surface area contributed by atoms with Crippen LogP contribution >= 0.6 is 35.3 Å². The van der Waals surface area contributed by atoms with Crippen molar-refractivity contribution in [2.75, 3.05) is 97.7 Å². The highest BCUT2D eigenvalue weighted by Gasteiger charge is 2.32. The van der Waals surface area contributed by atoms with Crippen LogP contribution in [0.2, 0.25) is 0 Å². The van der Waals surface area contributed by atoms with Crippen molar-refractivity contribution in [2.24, 2.45) is 0 Å². The first-order chi connectivity index (χ1) is 33.6. The number of hydrogen-bond donors (Lipinski definition) is 0. The van der Waals surface area contributed by atoms with Crippen LogP contribution in [-0.2, 0) is 9.59 Å². The number of allylic oxidation sites excluding steroid dienone is 14. The summed E-state index contributed by atoms with van der Waals surface area (Å²) in [6.45, 7) is 14.7. The molecule has 6 rings (SSSR count). The molecule has 368 valence electrons. The van der Waals surface area contributed by atoms with Crippen LogP contribution in [0.5, 0.6) is 0 Å². The number of benzene rings is 2. The van der Waals surface area contributed by atoms with Crippen molar-refractivity contribution in [1.29, 1.82) is 0 Å². The molecule has 0 radical (unpaired) electrons. The average molecular weight is 987 g/mol. The predicted molar refractivity (Wildman–Crippen MR) is 295 cm³/mol. The largest absolute Gasteiger partial charge is 0.871 e. The fourth-order valence-electron chi connectivity index (χ4n) is 8.62. The summed E-state index contributed by atoms with van der Waals surface area (Å²) in [5.41, 5.74) is 8.39. The maximum Gasteiger partial charge on any atom is 0.199 e. The first-order valence-electron chi connectivity index (χ1n) is 25.3. The van der Waals surface area contributed by atoms with Gasteiger partial charge in [-0.2, -0.15) is 35.3 Å². The van der Waals surface area contributed by atoms with Crippen LogP contribution in [0.15, 0.2) is 131 Å². The molecular weight excluding hydrogens is 913 g/mol. The van der Waals surface area contributed by atoms with Gasteiger partial charge in [0.1, 0.15) is 14.1 Å². The molecule has 0 N–H and O–H groups in total. The lowest BCUT2D eigenvalue weighted by atomic mass is 9.80. The van der Waals surface area contributed by atoms with Crippen molar-refractivity contribution in [2.45, 2.75) is 79.1 Å². The molecule has 4 aliphatic rings. The van der Waals surface area contributed by atoms with Gasteiger partial charge in [-0.1, -0.05) is 89.2 Å². The van der Waals surface area contributed by atoms with Gasteiger partial charge in [-0.25, -0.2) is 9.15 Å². The summed E-state index contributed by atoms with van der Waals surface area (Å²) in [6, 6.07) is 15.9. The third-order valence-corrected chi connectivity index (χ3v) is 16.5. The van der Waals surface area contributed by atoms with E-state index in [0.29, 0.717) is 33.4 Å². The maximum atomic E-state index is 13.3. The smallest absolute Gasteiger partial charge is 0.199 e. The molecule has 0 atom stereocenters. The van der Waals surface area contributed by atoms with E-state index < -0.39 is 0 Å². The van der Waals surface area contributed by atoms with E-state index in [1.807, 2.05) is 108 Å². The average Bonchev–Trinajstić information content (AvgIpc) is 3.36. The third kappa shape index (κ3) is 14.2. The fraction of sp³-hybridized carbons (Fsp3) is 0.448. The molecule has 0 saturated carbocycles. The first-order valence-corrected chi connectivity index (χ1v) is 28.8. The van der Waals surface area contributed by atoms with E-state index in [4.69, 9.17) is 0 Å². The second kappa shape index (κ2) is 27.6. The van der Waals surface area contributed by atoms with E-state index >= 15 is 0 Å². The van der Waals surface area contributed by atoms with Gasteiger partial charge in [0.15, 0.2) is 36.1 Å². The number of hydrogen-bond acceptors (Lipinski definition) is 9. The third-order valence-electron chi connectivity index (χ3n) is 13.1. The van der Waals surface area contributed by atoms with Crippen molar-refractivity contribution in [1.82, 2.24) is 0 Å². The molecule has 0 bridgehead atoms. The predicted octanol–water partition coefficient (Wildman–Crippen LogP) is 9.72. The standard InChI is InChI=1S/C58H74N4O4S3/c1-7-11-31-61(32-12-8-2)49-27-19-45(20-28-49)53-55(63)51(56(53)64)43-15-23-47(24-16-43)59(5)35-37-67-39-41-69-42-40-68-38-36-60(6)48-25-17-44(18-26-48)52-57(65)54(58(52)66)46-21-29-50(30-22-46)62(33-13-9-3)34-14-10-4/h15-30H,7-14,31-42H2,1-6H3. The number of nitrogens with zero attached hydrogens (tertiary/aromatic N) is 4. The Hall–Kier alpha value is -4.71.